The second-order valence-corrected chi connectivity index (χ2v) is 8.63. The van der Waals surface area contributed by atoms with E-state index in [2.05, 4.69) is 10.6 Å². The van der Waals surface area contributed by atoms with Crippen molar-refractivity contribution in [3.8, 4) is 0 Å². The number of nitrogens with zero attached hydrogens (tertiary/aromatic N) is 1. The lowest BCUT2D eigenvalue weighted by molar-refractivity contribution is -0.116. The molecule has 0 aliphatic carbocycles. The summed E-state index contributed by atoms with van der Waals surface area (Å²) in [6.07, 6.45) is 2.91. The molecule has 8 nitrogen and oxygen atoms in total. The summed E-state index contributed by atoms with van der Waals surface area (Å²) >= 11 is 0. The molecule has 2 aromatic carbocycles. The quantitative estimate of drug-likeness (QED) is 0.518. The lowest BCUT2D eigenvalue weighted by Crippen LogP contribution is -2.36. The van der Waals surface area contributed by atoms with Crippen LogP contribution in [0.15, 0.2) is 82.8 Å². The molecule has 0 atom stereocenters. The first-order valence-electron chi connectivity index (χ1n) is 9.75. The molecule has 0 radical (unpaired) electrons. The smallest absolute Gasteiger partial charge is 0.251 e. The van der Waals surface area contributed by atoms with E-state index in [1.54, 1.807) is 60.7 Å². The Hall–Kier alpha value is -3.69. The van der Waals surface area contributed by atoms with Gasteiger partial charge in [-0.15, -0.1) is 0 Å². The topological polar surface area (TPSA) is 109 Å². The second-order valence-electron chi connectivity index (χ2n) is 6.81. The van der Waals surface area contributed by atoms with Crippen LogP contribution < -0.4 is 10.6 Å². The molecule has 0 spiro atoms. The third-order valence-electron chi connectivity index (χ3n) is 4.48. The maximum absolute atomic E-state index is 12.9. The highest BCUT2D eigenvalue weighted by atomic mass is 32.2. The summed E-state index contributed by atoms with van der Waals surface area (Å²) in [5.41, 5.74) is 1.60. The number of furan rings is 1. The van der Waals surface area contributed by atoms with Crippen molar-refractivity contribution in [3.05, 3.63) is 95.3 Å². The van der Waals surface area contributed by atoms with E-state index in [9.17, 15) is 18.0 Å². The molecule has 1 aromatic heterocycles. The van der Waals surface area contributed by atoms with Gasteiger partial charge >= 0.3 is 0 Å². The highest BCUT2D eigenvalue weighted by molar-refractivity contribution is 7.92. The normalized spacial score (nSPS) is 11.6. The van der Waals surface area contributed by atoms with Crippen LogP contribution in [0.1, 0.15) is 21.7 Å². The average molecular weight is 454 g/mol. The van der Waals surface area contributed by atoms with Gasteiger partial charge in [-0.1, -0.05) is 30.3 Å². The van der Waals surface area contributed by atoms with Crippen molar-refractivity contribution in [1.82, 2.24) is 9.62 Å². The Bertz CT molecular complexity index is 1170. The Morgan fingerprint density at radius 1 is 1.00 bits per heavy atom. The fourth-order valence-corrected chi connectivity index (χ4v) is 3.94. The van der Waals surface area contributed by atoms with Gasteiger partial charge in [0.25, 0.3) is 5.91 Å². The maximum atomic E-state index is 12.9. The van der Waals surface area contributed by atoms with Crippen LogP contribution in [0, 0.1) is 0 Å². The minimum atomic E-state index is -3.93. The Morgan fingerprint density at radius 2 is 1.72 bits per heavy atom. The zero-order valence-electron chi connectivity index (χ0n) is 17.4. The van der Waals surface area contributed by atoms with Crippen LogP contribution in [0.4, 0.5) is 5.69 Å². The van der Waals surface area contributed by atoms with Gasteiger partial charge in [-0.25, -0.2) is 8.42 Å². The Labute approximate surface area is 186 Å². The zero-order chi connectivity index (χ0) is 23.0. The first-order valence-corrected chi connectivity index (χ1v) is 11.3. The minimum Gasteiger partial charge on any atom is -0.468 e. The van der Waals surface area contributed by atoms with E-state index in [-0.39, 0.29) is 12.5 Å². The molecule has 0 aliphatic rings. The molecule has 0 aliphatic heterocycles. The van der Waals surface area contributed by atoms with Gasteiger partial charge in [0, 0.05) is 23.7 Å². The van der Waals surface area contributed by atoms with E-state index in [0.717, 1.165) is 15.3 Å². The van der Waals surface area contributed by atoms with Crippen LogP contribution >= 0.6 is 0 Å². The Kier molecular flexibility index (Phi) is 7.58. The SMILES string of the molecule is CNC(=O)c1ccc(NC(=O)CN(Cc2ccco2)S(=O)(=O)/C=C/c2ccccc2)cc1. The minimum absolute atomic E-state index is 0.0997. The highest BCUT2D eigenvalue weighted by Gasteiger charge is 2.24. The molecule has 9 heteroatoms. The molecular formula is C23H23N3O5S. The number of amides is 2. The molecule has 0 saturated carbocycles. The number of nitrogens with one attached hydrogen (secondary N) is 2. The van der Waals surface area contributed by atoms with Crippen molar-refractivity contribution >= 4 is 33.6 Å². The molecule has 3 rings (SSSR count). The number of anilines is 1. The fourth-order valence-electron chi connectivity index (χ4n) is 2.84. The van der Waals surface area contributed by atoms with Crippen molar-refractivity contribution in [2.45, 2.75) is 6.54 Å². The number of rotatable bonds is 9. The lowest BCUT2D eigenvalue weighted by Gasteiger charge is -2.19. The number of carbonyl (C=O) groups is 2. The lowest BCUT2D eigenvalue weighted by atomic mass is 10.2. The summed E-state index contributed by atoms with van der Waals surface area (Å²) in [7, 11) is -2.40. The van der Waals surface area contributed by atoms with Gasteiger partial charge in [0.2, 0.25) is 15.9 Å². The molecule has 0 bridgehead atoms. The monoisotopic (exact) mass is 453 g/mol. The zero-order valence-corrected chi connectivity index (χ0v) is 18.2. The van der Waals surface area contributed by atoms with Gasteiger partial charge in [-0.05, 0) is 48.0 Å². The largest absolute Gasteiger partial charge is 0.468 e. The van der Waals surface area contributed by atoms with Gasteiger partial charge < -0.3 is 15.1 Å². The first-order chi connectivity index (χ1) is 15.4. The van der Waals surface area contributed by atoms with Gasteiger partial charge in [0.1, 0.15) is 5.76 Å². The van der Waals surface area contributed by atoms with E-state index in [4.69, 9.17) is 4.42 Å². The van der Waals surface area contributed by atoms with E-state index < -0.39 is 22.5 Å². The van der Waals surface area contributed by atoms with Crippen LogP contribution in [-0.4, -0.2) is 38.1 Å². The molecule has 32 heavy (non-hydrogen) atoms. The van der Waals surface area contributed by atoms with Crippen molar-refractivity contribution < 1.29 is 22.4 Å². The van der Waals surface area contributed by atoms with Crippen LogP contribution in [0.5, 0.6) is 0 Å². The molecule has 0 fully saturated rings. The van der Waals surface area contributed by atoms with Crippen LogP contribution in [0.2, 0.25) is 0 Å². The number of benzene rings is 2. The molecule has 2 amide bonds. The highest BCUT2D eigenvalue weighted by Crippen LogP contribution is 2.15. The van der Waals surface area contributed by atoms with Crippen molar-refractivity contribution in [1.29, 1.82) is 0 Å². The molecule has 2 N–H and O–H groups in total. The second kappa shape index (κ2) is 10.6. The van der Waals surface area contributed by atoms with Crippen molar-refractivity contribution in [2.24, 2.45) is 0 Å². The van der Waals surface area contributed by atoms with E-state index in [1.807, 2.05) is 6.07 Å². The number of carbonyl (C=O) groups excluding carboxylic acids is 2. The van der Waals surface area contributed by atoms with Crippen molar-refractivity contribution in [3.63, 3.8) is 0 Å². The third-order valence-corrected chi connectivity index (χ3v) is 5.94. The molecule has 0 saturated heterocycles. The molecule has 1 heterocycles. The summed E-state index contributed by atoms with van der Waals surface area (Å²) in [6.45, 7) is -0.517. The van der Waals surface area contributed by atoms with E-state index in [1.165, 1.54) is 19.4 Å². The van der Waals surface area contributed by atoms with Gasteiger partial charge in [0.05, 0.1) is 19.4 Å². The van der Waals surface area contributed by atoms with Crippen LogP contribution in [0.25, 0.3) is 6.08 Å². The third kappa shape index (κ3) is 6.40. The van der Waals surface area contributed by atoms with Gasteiger partial charge in [0.15, 0.2) is 0 Å². The number of hydrogen-bond acceptors (Lipinski definition) is 5. The van der Waals surface area contributed by atoms with Gasteiger partial charge in [-0.2, -0.15) is 4.31 Å². The standard InChI is InChI=1S/C23H23N3O5S/c1-24-23(28)19-9-11-20(12-10-19)25-22(27)17-26(16-21-8-5-14-31-21)32(29,30)15-13-18-6-3-2-4-7-18/h2-15H,16-17H2,1H3,(H,24,28)(H,25,27)/b15-13+. The first kappa shape index (κ1) is 23.0. The predicted octanol–water partition coefficient (Wildman–Crippen LogP) is 3.08. The molecule has 166 valence electrons. The molecule has 0 unspecified atom stereocenters. The molecular weight excluding hydrogens is 430 g/mol. The van der Waals surface area contributed by atoms with Crippen molar-refractivity contribution in [2.75, 3.05) is 18.9 Å². The Balaban J connectivity index is 1.74. The summed E-state index contributed by atoms with van der Waals surface area (Å²) < 4.78 is 32.2. The summed E-state index contributed by atoms with van der Waals surface area (Å²) in [5.74, 6) is -0.367. The number of hydrogen-bond donors (Lipinski definition) is 2. The van der Waals surface area contributed by atoms with Gasteiger partial charge in [-0.3, -0.25) is 9.59 Å². The van der Waals surface area contributed by atoms with Crippen LogP contribution in [0.3, 0.4) is 0 Å². The van der Waals surface area contributed by atoms with E-state index in [0.29, 0.717) is 17.0 Å². The summed E-state index contributed by atoms with van der Waals surface area (Å²) in [6, 6.07) is 18.5. The summed E-state index contributed by atoms with van der Waals surface area (Å²) in [4.78, 5) is 24.2. The maximum Gasteiger partial charge on any atom is 0.251 e. The predicted molar refractivity (Wildman–Crippen MR) is 122 cm³/mol. The Morgan fingerprint density at radius 3 is 2.34 bits per heavy atom. The molecule has 3 aromatic rings. The average Bonchev–Trinajstić information content (AvgIpc) is 3.31. The van der Waals surface area contributed by atoms with Crippen LogP contribution in [-0.2, 0) is 21.4 Å². The number of sulfonamides is 1. The van der Waals surface area contributed by atoms with E-state index >= 15 is 0 Å². The fraction of sp³-hybridized carbons (Fsp3) is 0.130. The summed E-state index contributed by atoms with van der Waals surface area (Å²) in [5, 5.41) is 6.23.